The van der Waals surface area contributed by atoms with Crippen molar-refractivity contribution in [1.29, 1.82) is 0 Å². The van der Waals surface area contributed by atoms with Crippen molar-refractivity contribution in [3.63, 3.8) is 0 Å². The largest absolute Gasteiger partial charge is 0.206 e. The molecule has 0 fully saturated rings. The molecule has 1 heteroatoms. The van der Waals surface area contributed by atoms with Gasteiger partial charge in [0, 0.05) is 5.56 Å². The summed E-state index contributed by atoms with van der Waals surface area (Å²) in [6.45, 7) is 4.26. The van der Waals surface area contributed by atoms with Gasteiger partial charge in [-0.05, 0) is 60.4 Å². The fourth-order valence-corrected chi connectivity index (χ4v) is 3.48. The van der Waals surface area contributed by atoms with Crippen LogP contribution in [0.25, 0.3) is 12.2 Å². The third-order valence-electron chi connectivity index (χ3n) is 5.25. The molecule has 0 spiro atoms. The summed E-state index contributed by atoms with van der Waals surface area (Å²) in [7, 11) is 0. The second-order valence-corrected chi connectivity index (χ2v) is 7.55. The molecule has 0 N–H and O–H groups in total. The number of aryl methyl sites for hydroxylation is 1. The molecular weight excluding hydrogens is 355 g/mol. The number of hydrogen-bond donors (Lipinski definition) is 0. The summed E-state index contributed by atoms with van der Waals surface area (Å²) in [4.78, 5) is 0. The Labute approximate surface area is 174 Å². The normalized spacial score (nSPS) is 12.7. The lowest BCUT2D eigenvalue weighted by atomic mass is 9.93. The average molecular weight is 385 g/mol. The molecule has 0 bridgehead atoms. The van der Waals surface area contributed by atoms with Crippen LogP contribution in [0.4, 0.5) is 4.39 Å². The van der Waals surface area contributed by atoms with Gasteiger partial charge in [-0.15, -0.1) is 0 Å². The SMILES string of the molecule is C/C=C/CCc1ccc(C=Cc2ccc(C[C@H](C)c3ccccc3)cc2)c(F)c1. The van der Waals surface area contributed by atoms with E-state index in [1.807, 2.05) is 37.3 Å². The third kappa shape index (κ3) is 6.29. The van der Waals surface area contributed by atoms with Crippen molar-refractivity contribution in [2.45, 2.75) is 39.0 Å². The summed E-state index contributed by atoms with van der Waals surface area (Å²) in [6, 6.07) is 24.7. The van der Waals surface area contributed by atoms with E-state index in [9.17, 15) is 4.39 Å². The van der Waals surface area contributed by atoms with Gasteiger partial charge in [0.1, 0.15) is 5.82 Å². The first kappa shape index (κ1) is 20.8. The summed E-state index contributed by atoms with van der Waals surface area (Å²) in [5.41, 5.74) is 5.42. The molecule has 3 aromatic rings. The van der Waals surface area contributed by atoms with E-state index < -0.39 is 0 Å². The quantitative estimate of drug-likeness (QED) is 0.274. The summed E-state index contributed by atoms with van der Waals surface area (Å²) >= 11 is 0. The van der Waals surface area contributed by atoms with Crippen LogP contribution in [0.1, 0.15) is 54.0 Å². The first-order valence-electron chi connectivity index (χ1n) is 10.4. The molecule has 0 radical (unpaired) electrons. The maximum Gasteiger partial charge on any atom is 0.130 e. The average Bonchev–Trinajstić information content (AvgIpc) is 2.75. The molecule has 29 heavy (non-hydrogen) atoms. The van der Waals surface area contributed by atoms with Gasteiger partial charge in [-0.25, -0.2) is 4.39 Å². The van der Waals surface area contributed by atoms with Crippen LogP contribution in [-0.2, 0) is 12.8 Å². The molecule has 0 amide bonds. The summed E-state index contributed by atoms with van der Waals surface area (Å²) in [5, 5.41) is 0. The highest BCUT2D eigenvalue weighted by Crippen LogP contribution is 2.21. The zero-order valence-corrected chi connectivity index (χ0v) is 17.3. The number of rotatable bonds is 8. The van der Waals surface area contributed by atoms with Gasteiger partial charge in [0.05, 0.1) is 0 Å². The zero-order valence-electron chi connectivity index (χ0n) is 17.3. The van der Waals surface area contributed by atoms with E-state index >= 15 is 0 Å². The van der Waals surface area contributed by atoms with Crippen molar-refractivity contribution in [2.24, 2.45) is 0 Å². The van der Waals surface area contributed by atoms with Gasteiger partial charge >= 0.3 is 0 Å². The summed E-state index contributed by atoms with van der Waals surface area (Å²) in [5.74, 6) is 0.325. The minimum Gasteiger partial charge on any atom is -0.206 e. The monoisotopic (exact) mass is 384 g/mol. The van der Waals surface area contributed by atoms with E-state index in [0.717, 1.165) is 30.4 Å². The second-order valence-electron chi connectivity index (χ2n) is 7.55. The van der Waals surface area contributed by atoms with E-state index in [4.69, 9.17) is 0 Å². The van der Waals surface area contributed by atoms with E-state index in [1.54, 1.807) is 6.07 Å². The molecule has 0 unspecified atom stereocenters. The minimum atomic E-state index is -0.160. The van der Waals surface area contributed by atoms with Crippen molar-refractivity contribution in [2.75, 3.05) is 0 Å². The molecule has 148 valence electrons. The summed E-state index contributed by atoms with van der Waals surface area (Å²) < 4.78 is 14.4. The first-order valence-corrected chi connectivity index (χ1v) is 10.4. The molecule has 0 aliphatic heterocycles. The number of halogens is 1. The van der Waals surface area contributed by atoms with Gasteiger partial charge in [-0.2, -0.15) is 0 Å². The Balaban J connectivity index is 1.61. The third-order valence-corrected chi connectivity index (χ3v) is 5.25. The van der Waals surface area contributed by atoms with E-state index in [1.165, 1.54) is 11.1 Å². The van der Waals surface area contributed by atoms with Gasteiger partial charge in [0.15, 0.2) is 0 Å². The molecule has 3 aromatic carbocycles. The lowest BCUT2D eigenvalue weighted by molar-refractivity contribution is 0.622. The smallest absolute Gasteiger partial charge is 0.130 e. The second kappa shape index (κ2) is 10.6. The fraction of sp³-hybridized carbons (Fsp3) is 0.214. The van der Waals surface area contributed by atoms with Gasteiger partial charge in [0.25, 0.3) is 0 Å². The highest BCUT2D eigenvalue weighted by Gasteiger charge is 2.06. The van der Waals surface area contributed by atoms with Crippen LogP contribution in [0.2, 0.25) is 0 Å². The molecule has 3 rings (SSSR count). The van der Waals surface area contributed by atoms with Crippen LogP contribution in [-0.4, -0.2) is 0 Å². The first-order chi connectivity index (χ1) is 14.2. The summed E-state index contributed by atoms with van der Waals surface area (Å²) in [6.07, 6.45) is 10.8. The topological polar surface area (TPSA) is 0 Å². The van der Waals surface area contributed by atoms with Crippen LogP contribution < -0.4 is 0 Å². The predicted molar refractivity (Wildman–Crippen MR) is 123 cm³/mol. The molecule has 0 aromatic heterocycles. The van der Waals surface area contributed by atoms with E-state index in [2.05, 4.69) is 67.6 Å². The molecule has 1 atom stereocenters. The van der Waals surface area contributed by atoms with Crippen molar-refractivity contribution in [1.82, 2.24) is 0 Å². The zero-order chi connectivity index (χ0) is 20.5. The Kier molecular flexibility index (Phi) is 7.58. The molecule has 0 nitrogen and oxygen atoms in total. The van der Waals surface area contributed by atoms with Crippen LogP contribution >= 0.6 is 0 Å². The Bertz CT molecular complexity index is 949. The van der Waals surface area contributed by atoms with Crippen molar-refractivity contribution in [3.8, 4) is 0 Å². The maximum atomic E-state index is 14.4. The molecule has 0 aliphatic carbocycles. The molecule has 0 aliphatic rings. The van der Waals surface area contributed by atoms with Gasteiger partial charge in [-0.3, -0.25) is 0 Å². The van der Waals surface area contributed by atoms with Gasteiger partial charge in [-0.1, -0.05) is 98.0 Å². The Morgan fingerprint density at radius 2 is 1.59 bits per heavy atom. The highest BCUT2D eigenvalue weighted by molar-refractivity contribution is 5.70. The van der Waals surface area contributed by atoms with E-state index in [0.29, 0.717) is 11.5 Å². The van der Waals surface area contributed by atoms with Crippen molar-refractivity contribution in [3.05, 3.63) is 119 Å². The molecule has 0 saturated heterocycles. The van der Waals surface area contributed by atoms with Crippen LogP contribution in [0.15, 0.2) is 84.9 Å². The number of benzene rings is 3. The minimum absolute atomic E-state index is 0.160. The van der Waals surface area contributed by atoms with Crippen molar-refractivity contribution >= 4 is 12.2 Å². The predicted octanol–water partition coefficient (Wildman–Crippen LogP) is 7.85. The molecule has 0 saturated carbocycles. The standard InChI is InChI=1S/C28H29F/c1-3-4-6-9-24-17-19-27(28(29)21-24)18-16-23-12-14-25(15-13-23)20-22(2)26-10-7-5-8-11-26/h3-5,7-8,10-19,21-22H,6,9,20H2,1-2H3/b4-3+,18-16?/t22-/m0/s1. The van der Waals surface area contributed by atoms with Crippen LogP contribution in [0, 0.1) is 5.82 Å². The van der Waals surface area contributed by atoms with Gasteiger partial charge in [0.2, 0.25) is 0 Å². The number of allylic oxidation sites excluding steroid dienone is 2. The van der Waals surface area contributed by atoms with Crippen LogP contribution in [0.3, 0.4) is 0 Å². The number of hydrogen-bond acceptors (Lipinski definition) is 0. The lowest BCUT2D eigenvalue weighted by Gasteiger charge is -2.12. The Morgan fingerprint density at radius 1 is 0.862 bits per heavy atom. The maximum absolute atomic E-state index is 14.4. The van der Waals surface area contributed by atoms with Gasteiger partial charge < -0.3 is 0 Å². The Morgan fingerprint density at radius 3 is 2.28 bits per heavy atom. The fourth-order valence-electron chi connectivity index (χ4n) is 3.48. The van der Waals surface area contributed by atoms with Crippen molar-refractivity contribution < 1.29 is 4.39 Å². The highest BCUT2D eigenvalue weighted by atomic mass is 19.1. The lowest BCUT2D eigenvalue weighted by Crippen LogP contribution is -1.98. The Hall–Kier alpha value is -2.93. The van der Waals surface area contributed by atoms with E-state index in [-0.39, 0.29) is 5.82 Å². The molecule has 0 heterocycles. The molecular formula is C28H29F. The van der Waals surface area contributed by atoms with Crippen LogP contribution in [0.5, 0.6) is 0 Å².